The predicted octanol–water partition coefficient (Wildman–Crippen LogP) is 1.31. The standard InChI is InChI=1S/C17H20F3N7O/c1-11-8-13(17(18,19)20)24-16(23-11)26-6-4-25(5-7-26)15(28)12-2-3-14-21-10-22-27(14)9-12/h8,10,12H,2-7,9H2,1H3. The fraction of sp³-hybridized carbons (Fsp3) is 0.588. The molecule has 0 radical (unpaired) electrons. The van der Waals surface area contributed by atoms with Gasteiger partial charge in [0.1, 0.15) is 17.8 Å². The number of alkyl halides is 3. The number of carbonyl (C=O) groups excluding carboxylic acids is 1. The Morgan fingerprint density at radius 2 is 1.93 bits per heavy atom. The highest BCUT2D eigenvalue weighted by Crippen LogP contribution is 2.29. The first-order chi connectivity index (χ1) is 13.3. The lowest BCUT2D eigenvalue weighted by molar-refractivity contribution is -0.141. The molecule has 1 fully saturated rings. The van der Waals surface area contributed by atoms with Crippen LogP contribution >= 0.6 is 0 Å². The van der Waals surface area contributed by atoms with E-state index in [4.69, 9.17) is 0 Å². The molecule has 1 unspecified atom stereocenters. The number of hydrogen-bond donors (Lipinski definition) is 0. The van der Waals surface area contributed by atoms with Crippen LogP contribution in [0.2, 0.25) is 0 Å². The Morgan fingerprint density at radius 1 is 1.18 bits per heavy atom. The largest absolute Gasteiger partial charge is 0.433 e. The first kappa shape index (κ1) is 18.6. The second-order valence-corrected chi connectivity index (χ2v) is 7.10. The number of anilines is 1. The minimum atomic E-state index is -4.51. The van der Waals surface area contributed by atoms with Gasteiger partial charge in [0.15, 0.2) is 0 Å². The molecule has 1 amide bonds. The van der Waals surface area contributed by atoms with E-state index in [0.29, 0.717) is 39.1 Å². The van der Waals surface area contributed by atoms with E-state index < -0.39 is 11.9 Å². The van der Waals surface area contributed by atoms with Crippen molar-refractivity contribution in [1.82, 2.24) is 29.6 Å². The van der Waals surface area contributed by atoms with Crippen LogP contribution in [0, 0.1) is 12.8 Å². The Bertz CT molecular complexity index is 874. The maximum absolute atomic E-state index is 13.0. The summed E-state index contributed by atoms with van der Waals surface area (Å²) in [4.78, 5) is 28.3. The van der Waals surface area contributed by atoms with Gasteiger partial charge in [-0.1, -0.05) is 0 Å². The van der Waals surface area contributed by atoms with E-state index in [9.17, 15) is 18.0 Å². The van der Waals surface area contributed by atoms with Crippen molar-refractivity contribution < 1.29 is 18.0 Å². The Kier molecular flexibility index (Phi) is 4.68. The van der Waals surface area contributed by atoms with Crippen molar-refractivity contribution in [3.63, 3.8) is 0 Å². The van der Waals surface area contributed by atoms with E-state index in [1.54, 1.807) is 14.5 Å². The van der Waals surface area contributed by atoms with E-state index >= 15 is 0 Å². The van der Waals surface area contributed by atoms with E-state index in [2.05, 4.69) is 20.1 Å². The smallest absolute Gasteiger partial charge is 0.339 e. The van der Waals surface area contributed by atoms with Crippen molar-refractivity contribution in [3.8, 4) is 0 Å². The van der Waals surface area contributed by atoms with Crippen LogP contribution in [0.4, 0.5) is 19.1 Å². The van der Waals surface area contributed by atoms with Crippen LogP contribution in [-0.4, -0.2) is 61.7 Å². The molecular weight excluding hydrogens is 375 g/mol. The van der Waals surface area contributed by atoms with Crippen LogP contribution < -0.4 is 4.90 Å². The molecule has 0 N–H and O–H groups in total. The van der Waals surface area contributed by atoms with Crippen molar-refractivity contribution in [1.29, 1.82) is 0 Å². The van der Waals surface area contributed by atoms with Crippen molar-refractivity contribution in [2.24, 2.45) is 5.92 Å². The molecule has 2 aliphatic heterocycles. The lowest BCUT2D eigenvalue weighted by Gasteiger charge is -2.37. The quantitative estimate of drug-likeness (QED) is 0.763. The topological polar surface area (TPSA) is 80.0 Å². The summed E-state index contributed by atoms with van der Waals surface area (Å²) < 4.78 is 40.8. The van der Waals surface area contributed by atoms with Crippen LogP contribution in [0.3, 0.4) is 0 Å². The Labute approximate surface area is 159 Å². The molecular formula is C17H20F3N7O. The molecule has 8 nitrogen and oxygen atoms in total. The highest BCUT2D eigenvalue weighted by Gasteiger charge is 2.35. The number of nitrogens with zero attached hydrogens (tertiary/aromatic N) is 7. The van der Waals surface area contributed by atoms with Crippen LogP contribution in [0.15, 0.2) is 12.4 Å². The Balaban J connectivity index is 1.40. The predicted molar refractivity (Wildman–Crippen MR) is 92.4 cm³/mol. The molecule has 2 aromatic heterocycles. The molecule has 0 spiro atoms. The minimum Gasteiger partial charge on any atom is -0.339 e. The monoisotopic (exact) mass is 395 g/mol. The number of hydrogen-bond acceptors (Lipinski definition) is 6. The molecule has 4 heterocycles. The molecule has 150 valence electrons. The van der Waals surface area contributed by atoms with Gasteiger partial charge in [0, 0.05) is 38.3 Å². The second-order valence-electron chi connectivity index (χ2n) is 7.10. The number of aryl methyl sites for hydroxylation is 2. The average Bonchev–Trinajstić information content (AvgIpc) is 3.14. The average molecular weight is 395 g/mol. The summed E-state index contributed by atoms with van der Waals surface area (Å²) in [6.07, 6.45) is -1.57. The van der Waals surface area contributed by atoms with Gasteiger partial charge in [0.05, 0.1) is 12.5 Å². The van der Waals surface area contributed by atoms with E-state index in [0.717, 1.165) is 18.3 Å². The summed E-state index contributed by atoms with van der Waals surface area (Å²) in [6, 6.07) is 0.935. The molecule has 2 aromatic rings. The normalized spacial score (nSPS) is 20.2. The van der Waals surface area contributed by atoms with Gasteiger partial charge in [-0.05, 0) is 19.4 Å². The number of halogens is 3. The zero-order chi connectivity index (χ0) is 19.9. The number of fused-ring (bicyclic) bond motifs is 1. The molecule has 1 atom stereocenters. The summed E-state index contributed by atoms with van der Waals surface area (Å²) in [5, 5.41) is 4.14. The van der Waals surface area contributed by atoms with E-state index in [1.807, 2.05) is 0 Å². The first-order valence-corrected chi connectivity index (χ1v) is 9.14. The highest BCUT2D eigenvalue weighted by atomic mass is 19.4. The fourth-order valence-corrected chi connectivity index (χ4v) is 3.66. The molecule has 0 aliphatic carbocycles. The number of aromatic nitrogens is 5. The fourth-order valence-electron chi connectivity index (χ4n) is 3.66. The molecule has 4 rings (SSSR count). The third kappa shape index (κ3) is 3.65. The lowest BCUT2D eigenvalue weighted by Crippen LogP contribution is -2.51. The highest BCUT2D eigenvalue weighted by molar-refractivity contribution is 5.79. The molecule has 0 bridgehead atoms. The maximum Gasteiger partial charge on any atom is 0.433 e. The summed E-state index contributed by atoms with van der Waals surface area (Å²) in [7, 11) is 0. The van der Waals surface area contributed by atoms with Crippen LogP contribution in [0.1, 0.15) is 23.6 Å². The van der Waals surface area contributed by atoms with Crippen molar-refractivity contribution in [2.75, 3.05) is 31.1 Å². The number of carbonyl (C=O) groups is 1. The summed E-state index contributed by atoms with van der Waals surface area (Å²) in [6.45, 7) is 3.68. The zero-order valence-electron chi connectivity index (χ0n) is 15.4. The van der Waals surface area contributed by atoms with Gasteiger partial charge in [-0.15, -0.1) is 0 Å². The molecule has 11 heteroatoms. The Morgan fingerprint density at radius 3 is 2.64 bits per heavy atom. The van der Waals surface area contributed by atoms with Crippen molar-refractivity contribution in [2.45, 2.75) is 32.5 Å². The van der Waals surface area contributed by atoms with E-state index in [-0.39, 0.29) is 23.5 Å². The molecule has 2 aliphatic rings. The molecule has 1 saturated heterocycles. The van der Waals surface area contributed by atoms with Crippen LogP contribution in [-0.2, 0) is 23.9 Å². The van der Waals surface area contributed by atoms with Crippen molar-refractivity contribution in [3.05, 3.63) is 29.6 Å². The third-order valence-corrected chi connectivity index (χ3v) is 5.16. The third-order valence-electron chi connectivity index (χ3n) is 5.16. The van der Waals surface area contributed by atoms with E-state index in [1.165, 1.54) is 13.3 Å². The first-order valence-electron chi connectivity index (χ1n) is 9.14. The van der Waals surface area contributed by atoms with Gasteiger partial charge in [-0.3, -0.25) is 4.79 Å². The maximum atomic E-state index is 13.0. The SMILES string of the molecule is Cc1cc(C(F)(F)F)nc(N2CCN(C(=O)C3CCc4ncnn4C3)CC2)n1. The van der Waals surface area contributed by atoms with Gasteiger partial charge in [-0.2, -0.15) is 18.3 Å². The summed E-state index contributed by atoms with van der Waals surface area (Å²) in [5.41, 5.74) is -0.680. The van der Waals surface area contributed by atoms with Gasteiger partial charge < -0.3 is 9.80 Å². The molecule has 28 heavy (non-hydrogen) atoms. The van der Waals surface area contributed by atoms with Gasteiger partial charge >= 0.3 is 6.18 Å². The van der Waals surface area contributed by atoms with Gasteiger partial charge in [-0.25, -0.2) is 19.6 Å². The van der Waals surface area contributed by atoms with Crippen LogP contribution in [0.5, 0.6) is 0 Å². The summed E-state index contributed by atoms with van der Waals surface area (Å²) in [5.74, 6) is 0.866. The number of amides is 1. The number of piperazine rings is 1. The zero-order valence-corrected chi connectivity index (χ0v) is 15.4. The molecule has 0 aromatic carbocycles. The lowest BCUT2D eigenvalue weighted by atomic mass is 9.98. The van der Waals surface area contributed by atoms with Crippen molar-refractivity contribution >= 4 is 11.9 Å². The number of rotatable bonds is 2. The summed E-state index contributed by atoms with van der Waals surface area (Å²) >= 11 is 0. The second kappa shape index (κ2) is 7.02. The van der Waals surface area contributed by atoms with Crippen LogP contribution in [0.25, 0.3) is 0 Å². The molecule has 0 saturated carbocycles. The minimum absolute atomic E-state index is 0.0574. The van der Waals surface area contributed by atoms with Gasteiger partial charge in [0.2, 0.25) is 11.9 Å². The Hall–Kier alpha value is -2.72. The van der Waals surface area contributed by atoms with Gasteiger partial charge in [0.25, 0.3) is 0 Å².